The van der Waals surface area contributed by atoms with Crippen LogP contribution in [0.2, 0.25) is 0 Å². The van der Waals surface area contributed by atoms with E-state index in [1.807, 2.05) is 26.0 Å². The average molecular weight is 297 g/mol. The summed E-state index contributed by atoms with van der Waals surface area (Å²) < 4.78 is 26.6. The maximum Gasteiger partial charge on any atom is 0.240 e. The Bertz CT molecular complexity index is 540. The van der Waals surface area contributed by atoms with Gasteiger partial charge in [-0.1, -0.05) is 0 Å². The monoisotopic (exact) mass is 297 g/mol. The maximum absolute atomic E-state index is 12.0. The van der Waals surface area contributed by atoms with E-state index in [-0.39, 0.29) is 6.04 Å². The number of benzene rings is 1. The number of likely N-dealkylation sites (tertiary alicyclic amines) is 1. The summed E-state index contributed by atoms with van der Waals surface area (Å²) >= 11 is 0. The summed E-state index contributed by atoms with van der Waals surface area (Å²) in [5.74, 6) is 0. The molecule has 1 atom stereocenters. The zero-order chi connectivity index (χ0) is 14.8. The van der Waals surface area contributed by atoms with Crippen molar-refractivity contribution in [3.8, 4) is 0 Å². The lowest BCUT2D eigenvalue weighted by molar-refractivity contribution is 0.414. The third-order valence-electron chi connectivity index (χ3n) is 3.32. The molecule has 0 aromatic heterocycles. The molecule has 1 aromatic rings. The Morgan fingerprint density at radius 2 is 1.90 bits per heavy atom. The second-order valence-electron chi connectivity index (χ2n) is 5.69. The number of hydrogen-bond donors (Lipinski definition) is 2. The zero-order valence-corrected chi connectivity index (χ0v) is 13.1. The molecule has 20 heavy (non-hydrogen) atoms. The molecule has 1 fully saturated rings. The van der Waals surface area contributed by atoms with Crippen LogP contribution in [0.3, 0.4) is 0 Å². The molecule has 5 nitrogen and oxygen atoms in total. The summed E-state index contributed by atoms with van der Waals surface area (Å²) in [5.41, 5.74) is 0.966. The van der Waals surface area contributed by atoms with Crippen molar-refractivity contribution in [3.05, 3.63) is 24.3 Å². The van der Waals surface area contributed by atoms with Gasteiger partial charge in [-0.3, -0.25) is 0 Å². The highest BCUT2D eigenvalue weighted by Crippen LogP contribution is 2.17. The fourth-order valence-corrected chi connectivity index (χ4v) is 3.65. The van der Waals surface area contributed by atoms with Gasteiger partial charge in [0, 0.05) is 24.3 Å². The molecule has 1 heterocycles. The smallest absolute Gasteiger partial charge is 0.240 e. The zero-order valence-electron chi connectivity index (χ0n) is 12.3. The molecule has 0 saturated carbocycles. The molecule has 0 amide bonds. The van der Waals surface area contributed by atoms with Crippen molar-refractivity contribution < 1.29 is 8.42 Å². The van der Waals surface area contributed by atoms with E-state index in [9.17, 15) is 8.42 Å². The van der Waals surface area contributed by atoms with Crippen molar-refractivity contribution in [2.45, 2.75) is 37.2 Å². The molecule has 0 spiro atoms. The lowest BCUT2D eigenvalue weighted by Gasteiger charge is -2.15. The number of rotatable bonds is 5. The third-order valence-corrected chi connectivity index (χ3v) is 4.99. The minimum absolute atomic E-state index is 0.105. The molecular formula is C14H23N3O2S. The van der Waals surface area contributed by atoms with E-state index in [0.29, 0.717) is 10.9 Å². The predicted molar refractivity (Wildman–Crippen MR) is 81.4 cm³/mol. The van der Waals surface area contributed by atoms with E-state index in [4.69, 9.17) is 0 Å². The van der Waals surface area contributed by atoms with Gasteiger partial charge in [-0.25, -0.2) is 13.1 Å². The molecule has 1 unspecified atom stereocenters. The van der Waals surface area contributed by atoms with Crippen molar-refractivity contribution in [2.75, 3.05) is 25.5 Å². The van der Waals surface area contributed by atoms with Crippen LogP contribution in [0.15, 0.2) is 29.2 Å². The quantitative estimate of drug-likeness (QED) is 0.864. The first-order chi connectivity index (χ1) is 9.37. The first-order valence-corrected chi connectivity index (χ1v) is 8.42. The largest absolute Gasteiger partial charge is 0.381 e. The minimum atomic E-state index is -3.40. The first-order valence-electron chi connectivity index (χ1n) is 6.94. The maximum atomic E-state index is 12.0. The van der Waals surface area contributed by atoms with Crippen LogP contribution in [-0.2, 0) is 10.0 Å². The van der Waals surface area contributed by atoms with Crippen LogP contribution in [0.1, 0.15) is 20.3 Å². The van der Waals surface area contributed by atoms with E-state index in [0.717, 1.165) is 25.2 Å². The Labute approximate surface area is 121 Å². The summed E-state index contributed by atoms with van der Waals surface area (Å²) in [6.07, 6.45) is 1.12. The summed E-state index contributed by atoms with van der Waals surface area (Å²) in [7, 11) is -1.29. The fraction of sp³-hybridized carbons (Fsp3) is 0.571. The van der Waals surface area contributed by atoms with E-state index >= 15 is 0 Å². The van der Waals surface area contributed by atoms with Crippen LogP contribution in [-0.4, -0.2) is 45.5 Å². The first kappa shape index (κ1) is 15.3. The van der Waals surface area contributed by atoms with Crippen molar-refractivity contribution in [1.29, 1.82) is 0 Å². The Morgan fingerprint density at radius 1 is 1.25 bits per heavy atom. The number of likely N-dealkylation sites (N-methyl/N-ethyl adjacent to an activating group) is 1. The average Bonchev–Trinajstić information content (AvgIpc) is 2.74. The standard InChI is InChI=1S/C14H23N3O2S/c1-11(2)16-20(18,19)14-6-4-12(5-7-14)15-13-8-9-17(3)10-13/h4-7,11,13,15-16H,8-10H2,1-3H3. The van der Waals surface area contributed by atoms with Crippen LogP contribution in [0.5, 0.6) is 0 Å². The minimum Gasteiger partial charge on any atom is -0.381 e. The molecule has 6 heteroatoms. The second-order valence-corrected chi connectivity index (χ2v) is 7.41. The Kier molecular flexibility index (Phi) is 4.67. The van der Waals surface area contributed by atoms with Crippen molar-refractivity contribution in [2.24, 2.45) is 0 Å². The molecule has 2 N–H and O–H groups in total. The van der Waals surface area contributed by atoms with Gasteiger partial charge in [-0.05, 0) is 58.1 Å². The van der Waals surface area contributed by atoms with Crippen molar-refractivity contribution in [1.82, 2.24) is 9.62 Å². The molecule has 1 aliphatic heterocycles. The molecule has 1 aromatic carbocycles. The van der Waals surface area contributed by atoms with Gasteiger partial charge in [0.05, 0.1) is 4.90 Å². The second kappa shape index (κ2) is 6.11. The summed E-state index contributed by atoms with van der Waals surface area (Å²) in [4.78, 5) is 2.59. The van der Waals surface area contributed by atoms with Gasteiger partial charge in [0.15, 0.2) is 0 Å². The SMILES string of the molecule is CC(C)NS(=O)(=O)c1ccc(NC2CCN(C)C2)cc1. The normalized spacial score (nSPS) is 20.5. The van der Waals surface area contributed by atoms with Gasteiger partial charge in [0.25, 0.3) is 0 Å². The number of hydrogen-bond acceptors (Lipinski definition) is 4. The fourth-order valence-electron chi connectivity index (χ4n) is 2.40. The number of sulfonamides is 1. The highest BCUT2D eigenvalue weighted by Gasteiger charge is 2.19. The molecule has 1 saturated heterocycles. The van der Waals surface area contributed by atoms with Crippen molar-refractivity contribution in [3.63, 3.8) is 0 Å². The van der Waals surface area contributed by atoms with Crippen LogP contribution >= 0.6 is 0 Å². The van der Waals surface area contributed by atoms with Crippen LogP contribution in [0.4, 0.5) is 5.69 Å². The Hall–Kier alpha value is -1.11. The number of anilines is 1. The lowest BCUT2D eigenvalue weighted by Crippen LogP contribution is -2.30. The number of nitrogens with zero attached hydrogens (tertiary/aromatic N) is 1. The van der Waals surface area contributed by atoms with Crippen LogP contribution < -0.4 is 10.0 Å². The van der Waals surface area contributed by atoms with Gasteiger partial charge in [-0.2, -0.15) is 0 Å². The highest BCUT2D eigenvalue weighted by molar-refractivity contribution is 7.89. The molecule has 2 rings (SSSR count). The third kappa shape index (κ3) is 3.94. The summed E-state index contributed by atoms with van der Waals surface area (Å²) in [6, 6.07) is 7.28. The topological polar surface area (TPSA) is 61.4 Å². The molecule has 0 aliphatic carbocycles. The highest BCUT2D eigenvalue weighted by atomic mass is 32.2. The summed E-state index contributed by atoms with van der Waals surface area (Å²) in [6.45, 7) is 5.74. The van der Waals surface area contributed by atoms with Gasteiger partial charge in [0.1, 0.15) is 0 Å². The van der Waals surface area contributed by atoms with Crippen LogP contribution in [0, 0.1) is 0 Å². The molecule has 112 valence electrons. The van der Waals surface area contributed by atoms with E-state index in [1.54, 1.807) is 12.1 Å². The molecule has 0 radical (unpaired) electrons. The molecular weight excluding hydrogens is 274 g/mol. The molecule has 0 bridgehead atoms. The van der Waals surface area contributed by atoms with Gasteiger partial charge in [-0.15, -0.1) is 0 Å². The van der Waals surface area contributed by atoms with Gasteiger partial charge in [0.2, 0.25) is 10.0 Å². The predicted octanol–water partition coefficient (Wildman–Crippen LogP) is 1.49. The van der Waals surface area contributed by atoms with Gasteiger partial charge >= 0.3 is 0 Å². The van der Waals surface area contributed by atoms with E-state index < -0.39 is 10.0 Å². The number of nitrogens with one attached hydrogen (secondary N) is 2. The summed E-state index contributed by atoms with van der Waals surface area (Å²) in [5, 5.41) is 3.43. The lowest BCUT2D eigenvalue weighted by atomic mass is 10.2. The van der Waals surface area contributed by atoms with Crippen LogP contribution in [0.25, 0.3) is 0 Å². The van der Waals surface area contributed by atoms with Gasteiger partial charge < -0.3 is 10.2 Å². The Balaban J connectivity index is 2.03. The Morgan fingerprint density at radius 3 is 2.40 bits per heavy atom. The van der Waals surface area contributed by atoms with Crippen molar-refractivity contribution >= 4 is 15.7 Å². The molecule has 1 aliphatic rings. The van der Waals surface area contributed by atoms with E-state index in [1.165, 1.54) is 0 Å². The van der Waals surface area contributed by atoms with E-state index in [2.05, 4.69) is 22.0 Å².